The molecule has 2 unspecified atom stereocenters. The van der Waals surface area contributed by atoms with Crippen LogP contribution in [-0.2, 0) is 10.0 Å². The number of nitrogens with one attached hydrogen (secondary N) is 1. The van der Waals surface area contributed by atoms with Gasteiger partial charge in [-0.25, -0.2) is 8.42 Å². The zero-order valence-corrected chi connectivity index (χ0v) is 15.5. The van der Waals surface area contributed by atoms with Crippen LogP contribution in [0, 0.1) is 6.92 Å². The maximum atomic E-state index is 13.0. The SMILES string of the molecule is CCN(C1CC2CCC(C1)N2)S(=O)(=O)c1cc(Br)sc1C. The standard InChI is InChI=1S/C14H21BrN2O2S2/c1-3-17(12-6-10-4-5-11(7-12)16-10)21(18,19)13-8-14(15)20-9(13)2/h8,10-12,16H,3-7H2,1-2H3. The first-order valence-corrected chi connectivity index (χ1v) is 10.5. The molecule has 21 heavy (non-hydrogen) atoms. The van der Waals surface area contributed by atoms with E-state index in [1.807, 2.05) is 13.8 Å². The monoisotopic (exact) mass is 392 g/mol. The molecular weight excluding hydrogens is 372 g/mol. The highest BCUT2D eigenvalue weighted by atomic mass is 79.9. The molecule has 2 saturated heterocycles. The maximum Gasteiger partial charge on any atom is 0.244 e. The van der Waals surface area contributed by atoms with Crippen LogP contribution in [0.1, 0.15) is 37.5 Å². The summed E-state index contributed by atoms with van der Waals surface area (Å²) in [5.41, 5.74) is 0. The van der Waals surface area contributed by atoms with E-state index >= 15 is 0 Å². The van der Waals surface area contributed by atoms with E-state index < -0.39 is 10.0 Å². The third-order valence-electron chi connectivity index (χ3n) is 4.60. The van der Waals surface area contributed by atoms with Crippen molar-refractivity contribution in [1.82, 2.24) is 9.62 Å². The molecule has 2 fully saturated rings. The second-order valence-corrected chi connectivity index (χ2v) is 10.4. The molecular formula is C14H21BrN2O2S2. The van der Waals surface area contributed by atoms with Crippen LogP contribution in [-0.4, -0.2) is 37.4 Å². The van der Waals surface area contributed by atoms with Gasteiger partial charge in [0, 0.05) is 29.5 Å². The average Bonchev–Trinajstić information content (AvgIpc) is 2.92. The minimum absolute atomic E-state index is 0.136. The normalized spacial score (nSPS) is 29.2. The highest BCUT2D eigenvalue weighted by Gasteiger charge is 2.40. The molecule has 0 saturated carbocycles. The van der Waals surface area contributed by atoms with Gasteiger partial charge in [-0.3, -0.25) is 0 Å². The van der Waals surface area contributed by atoms with Crippen molar-refractivity contribution in [3.05, 3.63) is 14.7 Å². The van der Waals surface area contributed by atoms with Gasteiger partial charge in [0.15, 0.2) is 0 Å². The van der Waals surface area contributed by atoms with E-state index in [-0.39, 0.29) is 6.04 Å². The molecule has 0 spiro atoms. The first kappa shape index (κ1) is 15.9. The Kier molecular flexibility index (Phi) is 4.49. The van der Waals surface area contributed by atoms with Crippen LogP contribution < -0.4 is 5.32 Å². The summed E-state index contributed by atoms with van der Waals surface area (Å²) < 4.78 is 28.6. The Labute approximate surface area is 139 Å². The van der Waals surface area contributed by atoms with E-state index in [2.05, 4.69) is 21.2 Å². The van der Waals surface area contributed by atoms with Crippen LogP contribution in [0.5, 0.6) is 0 Å². The summed E-state index contributed by atoms with van der Waals surface area (Å²) in [6, 6.07) is 2.87. The molecule has 3 rings (SSSR count). The van der Waals surface area contributed by atoms with Gasteiger partial charge in [0.25, 0.3) is 0 Å². The first-order valence-electron chi connectivity index (χ1n) is 7.45. The van der Waals surface area contributed by atoms with Crippen molar-refractivity contribution in [1.29, 1.82) is 0 Å². The fraction of sp³-hybridized carbons (Fsp3) is 0.714. The number of thiophene rings is 1. The Morgan fingerprint density at radius 2 is 2.00 bits per heavy atom. The zero-order valence-electron chi connectivity index (χ0n) is 12.3. The van der Waals surface area contributed by atoms with Crippen LogP contribution in [0.4, 0.5) is 0 Å². The van der Waals surface area contributed by atoms with Crippen LogP contribution >= 0.6 is 27.3 Å². The number of aryl methyl sites for hydroxylation is 1. The molecule has 0 amide bonds. The van der Waals surface area contributed by atoms with Gasteiger partial charge in [-0.05, 0) is 54.6 Å². The Morgan fingerprint density at radius 3 is 2.48 bits per heavy atom. The minimum Gasteiger partial charge on any atom is -0.311 e. The topological polar surface area (TPSA) is 49.4 Å². The quantitative estimate of drug-likeness (QED) is 0.855. The molecule has 1 N–H and O–H groups in total. The highest BCUT2D eigenvalue weighted by molar-refractivity contribution is 9.11. The second kappa shape index (κ2) is 5.92. The smallest absolute Gasteiger partial charge is 0.244 e. The summed E-state index contributed by atoms with van der Waals surface area (Å²) in [7, 11) is -3.39. The molecule has 2 bridgehead atoms. The minimum atomic E-state index is -3.39. The predicted molar refractivity (Wildman–Crippen MR) is 89.3 cm³/mol. The Balaban J connectivity index is 1.90. The Bertz CT molecular complexity index is 617. The Morgan fingerprint density at radius 1 is 1.38 bits per heavy atom. The number of rotatable bonds is 4. The lowest BCUT2D eigenvalue weighted by atomic mass is 10.00. The number of hydrogen-bond acceptors (Lipinski definition) is 4. The van der Waals surface area contributed by atoms with E-state index in [0.717, 1.165) is 21.5 Å². The van der Waals surface area contributed by atoms with Crippen LogP contribution in [0.3, 0.4) is 0 Å². The number of fused-ring (bicyclic) bond motifs is 2. The zero-order chi connectivity index (χ0) is 15.2. The molecule has 7 heteroatoms. The third-order valence-corrected chi connectivity index (χ3v) is 8.43. The van der Waals surface area contributed by atoms with E-state index in [9.17, 15) is 8.42 Å². The van der Waals surface area contributed by atoms with Crippen LogP contribution in [0.2, 0.25) is 0 Å². The second-order valence-electron chi connectivity index (χ2n) is 5.94. The predicted octanol–water partition coefficient (Wildman–Crippen LogP) is 3.11. The van der Waals surface area contributed by atoms with Gasteiger partial charge < -0.3 is 5.32 Å². The molecule has 1 aromatic rings. The largest absolute Gasteiger partial charge is 0.311 e. The van der Waals surface area contributed by atoms with Gasteiger partial charge in [0.1, 0.15) is 0 Å². The first-order chi connectivity index (χ1) is 9.91. The molecule has 2 aliphatic rings. The van der Waals surface area contributed by atoms with Crippen molar-refractivity contribution in [2.75, 3.05) is 6.54 Å². The number of halogens is 1. The molecule has 2 atom stereocenters. The summed E-state index contributed by atoms with van der Waals surface area (Å²) in [5, 5.41) is 3.58. The van der Waals surface area contributed by atoms with Crippen molar-refractivity contribution >= 4 is 37.3 Å². The summed E-state index contributed by atoms with van der Waals surface area (Å²) in [6.45, 7) is 4.36. The number of nitrogens with zero attached hydrogens (tertiary/aromatic N) is 1. The van der Waals surface area contributed by atoms with Crippen LogP contribution in [0.15, 0.2) is 14.7 Å². The van der Waals surface area contributed by atoms with Crippen molar-refractivity contribution < 1.29 is 8.42 Å². The molecule has 2 aliphatic heterocycles. The molecule has 0 aromatic carbocycles. The third kappa shape index (κ3) is 2.95. The fourth-order valence-electron chi connectivity index (χ4n) is 3.70. The maximum absolute atomic E-state index is 13.0. The van der Waals surface area contributed by atoms with Crippen molar-refractivity contribution in [3.63, 3.8) is 0 Å². The molecule has 118 valence electrons. The summed E-state index contributed by atoms with van der Waals surface area (Å²) in [4.78, 5) is 1.32. The van der Waals surface area contributed by atoms with Gasteiger partial charge in [0.2, 0.25) is 10.0 Å². The van der Waals surface area contributed by atoms with Gasteiger partial charge in [0.05, 0.1) is 8.68 Å². The summed E-state index contributed by atoms with van der Waals surface area (Å²) in [5.74, 6) is 0. The van der Waals surface area contributed by atoms with E-state index in [1.165, 1.54) is 24.2 Å². The highest BCUT2D eigenvalue weighted by Crippen LogP contribution is 2.36. The van der Waals surface area contributed by atoms with Crippen molar-refractivity contribution in [2.45, 2.75) is 62.6 Å². The van der Waals surface area contributed by atoms with E-state index in [4.69, 9.17) is 0 Å². The number of piperidine rings is 1. The lowest BCUT2D eigenvalue weighted by Gasteiger charge is -2.36. The fourth-order valence-corrected chi connectivity index (χ4v) is 7.74. The lowest BCUT2D eigenvalue weighted by molar-refractivity contribution is 0.232. The van der Waals surface area contributed by atoms with E-state index in [0.29, 0.717) is 23.5 Å². The molecule has 3 heterocycles. The van der Waals surface area contributed by atoms with Gasteiger partial charge in [-0.2, -0.15) is 4.31 Å². The van der Waals surface area contributed by atoms with Crippen molar-refractivity contribution in [2.24, 2.45) is 0 Å². The average molecular weight is 393 g/mol. The molecule has 0 aliphatic carbocycles. The van der Waals surface area contributed by atoms with Crippen LogP contribution in [0.25, 0.3) is 0 Å². The summed E-state index contributed by atoms with van der Waals surface area (Å²) >= 11 is 4.88. The molecule has 0 radical (unpaired) electrons. The van der Waals surface area contributed by atoms with Gasteiger partial charge in [-0.15, -0.1) is 11.3 Å². The Hall–Kier alpha value is 0.0500. The van der Waals surface area contributed by atoms with E-state index in [1.54, 1.807) is 10.4 Å². The number of sulfonamides is 1. The summed E-state index contributed by atoms with van der Waals surface area (Å²) in [6.07, 6.45) is 4.24. The lowest BCUT2D eigenvalue weighted by Crippen LogP contribution is -2.50. The van der Waals surface area contributed by atoms with Gasteiger partial charge >= 0.3 is 0 Å². The van der Waals surface area contributed by atoms with Crippen molar-refractivity contribution in [3.8, 4) is 0 Å². The molecule has 4 nitrogen and oxygen atoms in total. The number of hydrogen-bond donors (Lipinski definition) is 1. The van der Waals surface area contributed by atoms with Gasteiger partial charge in [-0.1, -0.05) is 6.92 Å². The molecule has 1 aromatic heterocycles.